The van der Waals surface area contributed by atoms with Crippen molar-refractivity contribution in [3.05, 3.63) is 12.7 Å². The van der Waals surface area contributed by atoms with E-state index in [1.807, 2.05) is 9.80 Å². The molecular formula is C17H30N4O2. The molecule has 23 heavy (non-hydrogen) atoms. The number of urea groups is 1. The Morgan fingerprint density at radius 3 is 2.30 bits per heavy atom. The number of rotatable bonds is 5. The summed E-state index contributed by atoms with van der Waals surface area (Å²) in [6.07, 6.45) is 4.15. The minimum Gasteiger partial charge on any atom is -0.340 e. The molecule has 2 rings (SSSR count). The Kier molecular flexibility index (Phi) is 6.89. The zero-order chi connectivity index (χ0) is 16.7. The first-order valence-electron chi connectivity index (χ1n) is 8.77. The van der Waals surface area contributed by atoms with Gasteiger partial charge in [0.15, 0.2) is 0 Å². The fourth-order valence-electron chi connectivity index (χ4n) is 3.30. The third-order valence-corrected chi connectivity index (χ3v) is 4.93. The number of likely N-dealkylation sites (N-methyl/N-ethyl adjacent to an activating group) is 1. The lowest BCUT2D eigenvalue weighted by molar-refractivity contribution is -0.134. The Hall–Kier alpha value is -1.56. The Bertz CT molecular complexity index is 411. The second-order valence-electron chi connectivity index (χ2n) is 6.42. The highest BCUT2D eigenvalue weighted by atomic mass is 16.2. The number of nitrogens with one attached hydrogen (secondary N) is 1. The average molecular weight is 322 g/mol. The lowest BCUT2D eigenvalue weighted by Crippen LogP contribution is -2.49. The number of nitrogens with zero attached hydrogens (tertiary/aromatic N) is 3. The third-order valence-electron chi connectivity index (χ3n) is 4.93. The molecule has 2 heterocycles. The van der Waals surface area contributed by atoms with Gasteiger partial charge in [0.2, 0.25) is 5.91 Å². The van der Waals surface area contributed by atoms with Crippen molar-refractivity contribution in [1.29, 1.82) is 0 Å². The highest BCUT2D eigenvalue weighted by molar-refractivity contribution is 5.77. The van der Waals surface area contributed by atoms with Gasteiger partial charge in [0.1, 0.15) is 0 Å². The zero-order valence-electron chi connectivity index (χ0n) is 14.3. The summed E-state index contributed by atoms with van der Waals surface area (Å²) in [5.74, 6) is 0.700. The molecule has 130 valence electrons. The molecule has 6 nitrogen and oxygen atoms in total. The van der Waals surface area contributed by atoms with E-state index in [0.717, 1.165) is 58.7 Å². The Morgan fingerprint density at radius 1 is 1.09 bits per heavy atom. The van der Waals surface area contributed by atoms with Crippen LogP contribution in [-0.4, -0.2) is 79.0 Å². The van der Waals surface area contributed by atoms with E-state index in [2.05, 4.69) is 23.7 Å². The average Bonchev–Trinajstić information content (AvgIpc) is 2.60. The molecular weight excluding hydrogens is 292 g/mol. The van der Waals surface area contributed by atoms with Crippen molar-refractivity contribution in [1.82, 2.24) is 20.0 Å². The van der Waals surface area contributed by atoms with Crippen molar-refractivity contribution >= 4 is 11.9 Å². The maximum absolute atomic E-state index is 12.4. The molecule has 0 spiro atoms. The number of hydrogen-bond donors (Lipinski definition) is 1. The van der Waals surface area contributed by atoms with E-state index in [9.17, 15) is 9.59 Å². The van der Waals surface area contributed by atoms with Crippen LogP contribution < -0.4 is 5.32 Å². The van der Waals surface area contributed by atoms with Gasteiger partial charge in [-0.05, 0) is 25.3 Å². The van der Waals surface area contributed by atoms with Crippen LogP contribution in [0, 0.1) is 5.92 Å². The normalized spacial score (nSPS) is 20.4. The SMILES string of the molecule is C=CCNC(=O)N1CCC(CC(=O)N2CCN(CC)CC2)CC1. The van der Waals surface area contributed by atoms with Crippen molar-refractivity contribution in [3.63, 3.8) is 0 Å². The topological polar surface area (TPSA) is 55.9 Å². The molecule has 2 fully saturated rings. The van der Waals surface area contributed by atoms with Crippen LogP contribution in [0.25, 0.3) is 0 Å². The summed E-state index contributed by atoms with van der Waals surface area (Å²) in [5.41, 5.74) is 0. The van der Waals surface area contributed by atoms with Gasteiger partial charge >= 0.3 is 6.03 Å². The second kappa shape index (κ2) is 8.91. The smallest absolute Gasteiger partial charge is 0.317 e. The monoisotopic (exact) mass is 322 g/mol. The minimum absolute atomic E-state index is 0.0228. The van der Waals surface area contributed by atoms with Crippen LogP contribution in [0.5, 0.6) is 0 Å². The zero-order valence-corrected chi connectivity index (χ0v) is 14.3. The van der Waals surface area contributed by atoms with Crippen molar-refractivity contribution in [2.75, 3.05) is 52.4 Å². The molecule has 2 aliphatic heterocycles. The standard InChI is InChI=1S/C17H30N4O2/c1-3-7-18-17(23)21-8-5-15(6-9-21)14-16(22)20-12-10-19(4-2)11-13-20/h3,15H,1,4-14H2,2H3,(H,18,23). The first-order valence-corrected chi connectivity index (χ1v) is 8.77. The molecule has 0 aromatic carbocycles. The molecule has 2 aliphatic rings. The molecule has 2 saturated heterocycles. The van der Waals surface area contributed by atoms with E-state index < -0.39 is 0 Å². The first kappa shape index (κ1) is 17.8. The van der Waals surface area contributed by atoms with Gasteiger partial charge in [-0.2, -0.15) is 0 Å². The van der Waals surface area contributed by atoms with Gasteiger partial charge in [0.25, 0.3) is 0 Å². The summed E-state index contributed by atoms with van der Waals surface area (Å²) in [6, 6.07) is -0.0228. The molecule has 0 bridgehead atoms. The number of piperazine rings is 1. The molecule has 0 atom stereocenters. The highest BCUT2D eigenvalue weighted by Gasteiger charge is 2.27. The van der Waals surface area contributed by atoms with Crippen LogP contribution in [0.3, 0.4) is 0 Å². The van der Waals surface area contributed by atoms with E-state index in [1.54, 1.807) is 6.08 Å². The molecule has 0 saturated carbocycles. The maximum Gasteiger partial charge on any atom is 0.317 e. The molecule has 1 N–H and O–H groups in total. The lowest BCUT2D eigenvalue weighted by atomic mass is 9.93. The number of amides is 3. The molecule has 0 aromatic rings. The van der Waals surface area contributed by atoms with E-state index >= 15 is 0 Å². The van der Waals surface area contributed by atoms with E-state index in [4.69, 9.17) is 0 Å². The van der Waals surface area contributed by atoms with Gasteiger partial charge in [-0.25, -0.2) is 4.79 Å². The minimum atomic E-state index is -0.0228. The van der Waals surface area contributed by atoms with Crippen LogP contribution in [0.15, 0.2) is 12.7 Å². The molecule has 0 radical (unpaired) electrons. The van der Waals surface area contributed by atoms with Crippen molar-refractivity contribution in [2.24, 2.45) is 5.92 Å². The first-order chi connectivity index (χ1) is 11.1. The van der Waals surface area contributed by atoms with Crippen LogP contribution >= 0.6 is 0 Å². The summed E-state index contributed by atoms with van der Waals surface area (Å²) in [6.45, 7) is 12.5. The Morgan fingerprint density at radius 2 is 1.74 bits per heavy atom. The Labute approximate surface area is 139 Å². The van der Waals surface area contributed by atoms with E-state index in [1.165, 1.54) is 0 Å². The molecule has 0 aromatic heterocycles. The summed E-state index contributed by atoms with van der Waals surface area (Å²) < 4.78 is 0. The number of likely N-dealkylation sites (tertiary alicyclic amines) is 1. The summed E-state index contributed by atoms with van der Waals surface area (Å²) in [7, 11) is 0. The summed E-state index contributed by atoms with van der Waals surface area (Å²) in [5, 5.41) is 2.81. The van der Waals surface area contributed by atoms with E-state index in [0.29, 0.717) is 18.9 Å². The second-order valence-corrected chi connectivity index (χ2v) is 6.42. The van der Waals surface area contributed by atoms with Gasteiger partial charge in [-0.15, -0.1) is 6.58 Å². The summed E-state index contributed by atoms with van der Waals surface area (Å²) >= 11 is 0. The quantitative estimate of drug-likeness (QED) is 0.773. The van der Waals surface area contributed by atoms with Crippen LogP contribution in [0.1, 0.15) is 26.2 Å². The van der Waals surface area contributed by atoms with Gasteiger partial charge in [-0.3, -0.25) is 4.79 Å². The van der Waals surface area contributed by atoms with Crippen LogP contribution in [0.4, 0.5) is 4.79 Å². The van der Waals surface area contributed by atoms with Crippen LogP contribution in [0.2, 0.25) is 0 Å². The third kappa shape index (κ3) is 5.23. The molecule has 6 heteroatoms. The van der Waals surface area contributed by atoms with Gasteiger partial charge in [-0.1, -0.05) is 13.0 Å². The molecule has 3 amide bonds. The number of hydrogen-bond acceptors (Lipinski definition) is 3. The fourth-order valence-corrected chi connectivity index (χ4v) is 3.30. The fraction of sp³-hybridized carbons (Fsp3) is 0.765. The van der Waals surface area contributed by atoms with E-state index in [-0.39, 0.29) is 11.9 Å². The number of piperidine rings is 1. The van der Waals surface area contributed by atoms with Gasteiger partial charge < -0.3 is 20.0 Å². The largest absolute Gasteiger partial charge is 0.340 e. The highest BCUT2D eigenvalue weighted by Crippen LogP contribution is 2.21. The van der Waals surface area contributed by atoms with Crippen molar-refractivity contribution in [2.45, 2.75) is 26.2 Å². The predicted molar refractivity (Wildman–Crippen MR) is 91.2 cm³/mol. The van der Waals surface area contributed by atoms with Crippen molar-refractivity contribution < 1.29 is 9.59 Å². The lowest BCUT2D eigenvalue weighted by Gasteiger charge is -2.36. The maximum atomic E-state index is 12.4. The molecule has 0 aliphatic carbocycles. The molecule has 0 unspecified atom stereocenters. The van der Waals surface area contributed by atoms with Crippen LogP contribution in [-0.2, 0) is 4.79 Å². The predicted octanol–water partition coefficient (Wildman–Crippen LogP) is 1.15. The number of carbonyl (C=O) groups excluding carboxylic acids is 2. The van der Waals surface area contributed by atoms with Gasteiger partial charge in [0.05, 0.1) is 0 Å². The Balaban J connectivity index is 1.68. The van der Waals surface area contributed by atoms with Gasteiger partial charge in [0, 0.05) is 52.2 Å². The number of carbonyl (C=O) groups is 2. The summed E-state index contributed by atoms with van der Waals surface area (Å²) in [4.78, 5) is 30.5. The van der Waals surface area contributed by atoms with Crippen molar-refractivity contribution in [3.8, 4) is 0 Å².